The van der Waals surface area contributed by atoms with Crippen LogP contribution >= 0.6 is 11.8 Å². The molecule has 1 fully saturated rings. The molecule has 0 saturated carbocycles. The van der Waals surface area contributed by atoms with Gasteiger partial charge in [-0.1, -0.05) is 24.3 Å². The van der Waals surface area contributed by atoms with E-state index in [9.17, 15) is 13.6 Å². The Balaban J connectivity index is 1.58. The highest BCUT2D eigenvalue weighted by molar-refractivity contribution is 8.00. The number of nitrogens with zero attached hydrogens (tertiary/aromatic N) is 1. The Labute approximate surface area is 159 Å². The fourth-order valence-electron chi connectivity index (χ4n) is 2.92. The topological polar surface area (TPSA) is 29.5 Å². The summed E-state index contributed by atoms with van der Waals surface area (Å²) in [5.74, 6) is -0.245. The standard InChI is InChI=1S/C21H15F2NO2S/c22-18-11-6-14(12-19(18)23)21-24(20(25)13-27-21)15-7-9-17(10-8-15)26-16-4-2-1-3-5-16/h1-12,21H,13H2. The summed E-state index contributed by atoms with van der Waals surface area (Å²) in [6.07, 6.45) is 0. The lowest BCUT2D eigenvalue weighted by atomic mass is 10.1. The van der Waals surface area contributed by atoms with E-state index in [1.54, 1.807) is 29.2 Å². The van der Waals surface area contributed by atoms with Gasteiger partial charge in [0.05, 0.1) is 5.75 Å². The smallest absolute Gasteiger partial charge is 0.238 e. The molecule has 1 unspecified atom stereocenters. The summed E-state index contributed by atoms with van der Waals surface area (Å²) in [6, 6.07) is 20.3. The third-order valence-corrected chi connectivity index (χ3v) is 5.40. The number of benzene rings is 3. The number of carbonyl (C=O) groups excluding carboxylic acids is 1. The molecule has 0 radical (unpaired) electrons. The Bertz CT molecular complexity index is 964. The maximum Gasteiger partial charge on any atom is 0.238 e. The van der Waals surface area contributed by atoms with Crippen molar-refractivity contribution in [3.63, 3.8) is 0 Å². The van der Waals surface area contributed by atoms with Crippen LogP contribution in [0.1, 0.15) is 10.9 Å². The lowest BCUT2D eigenvalue weighted by molar-refractivity contribution is -0.115. The van der Waals surface area contributed by atoms with E-state index in [0.29, 0.717) is 17.0 Å². The predicted molar refractivity (Wildman–Crippen MR) is 102 cm³/mol. The van der Waals surface area contributed by atoms with Crippen LogP contribution < -0.4 is 9.64 Å². The molecule has 4 rings (SSSR count). The van der Waals surface area contributed by atoms with Gasteiger partial charge >= 0.3 is 0 Å². The zero-order valence-corrected chi connectivity index (χ0v) is 15.0. The van der Waals surface area contributed by atoms with Gasteiger partial charge in [-0.05, 0) is 54.1 Å². The first-order valence-electron chi connectivity index (χ1n) is 8.33. The summed E-state index contributed by atoms with van der Waals surface area (Å²) in [5, 5.41) is -0.395. The number of hydrogen-bond acceptors (Lipinski definition) is 3. The summed E-state index contributed by atoms with van der Waals surface area (Å²) in [7, 11) is 0. The van der Waals surface area contributed by atoms with Gasteiger partial charge in [0, 0.05) is 5.69 Å². The molecule has 1 heterocycles. The summed E-state index contributed by atoms with van der Waals surface area (Å²) < 4.78 is 32.6. The molecule has 27 heavy (non-hydrogen) atoms. The van der Waals surface area contributed by atoms with Gasteiger partial charge in [-0.2, -0.15) is 0 Å². The van der Waals surface area contributed by atoms with Crippen LogP contribution in [0.2, 0.25) is 0 Å². The van der Waals surface area contributed by atoms with Crippen molar-refractivity contribution in [1.29, 1.82) is 0 Å². The lowest BCUT2D eigenvalue weighted by Crippen LogP contribution is -2.27. The van der Waals surface area contributed by atoms with Crippen molar-refractivity contribution < 1.29 is 18.3 Å². The Morgan fingerprint density at radius 1 is 0.889 bits per heavy atom. The van der Waals surface area contributed by atoms with E-state index < -0.39 is 17.0 Å². The summed E-state index contributed by atoms with van der Waals surface area (Å²) in [6.45, 7) is 0. The van der Waals surface area contributed by atoms with Gasteiger partial charge in [0.1, 0.15) is 16.9 Å². The first-order valence-corrected chi connectivity index (χ1v) is 9.38. The van der Waals surface area contributed by atoms with Crippen LogP contribution in [0.3, 0.4) is 0 Å². The second kappa shape index (κ2) is 7.40. The second-order valence-electron chi connectivity index (χ2n) is 6.01. The van der Waals surface area contributed by atoms with E-state index in [4.69, 9.17) is 4.74 Å². The van der Waals surface area contributed by atoms with Crippen molar-refractivity contribution >= 4 is 23.4 Å². The number of halogens is 2. The summed E-state index contributed by atoms with van der Waals surface area (Å²) in [4.78, 5) is 14.0. The van der Waals surface area contributed by atoms with Crippen LogP contribution in [-0.2, 0) is 4.79 Å². The first-order chi connectivity index (χ1) is 13.1. The molecule has 3 nitrogen and oxygen atoms in total. The van der Waals surface area contributed by atoms with Crippen molar-refractivity contribution in [2.45, 2.75) is 5.37 Å². The Morgan fingerprint density at radius 2 is 1.59 bits per heavy atom. The maximum atomic E-state index is 13.6. The Hall–Kier alpha value is -2.86. The van der Waals surface area contributed by atoms with Gasteiger partial charge in [0.2, 0.25) is 5.91 Å². The molecule has 1 aliphatic rings. The number of amides is 1. The molecule has 0 spiro atoms. The second-order valence-corrected chi connectivity index (χ2v) is 7.08. The molecule has 3 aromatic carbocycles. The van der Waals surface area contributed by atoms with Gasteiger partial charge in [-0.3, -0.25) is 9.69 Å². The van der Waals surface area contributed by atoms with Crippen LogP contribution in [0.5, 0.6) is 11.5 Å². The van der Waals surface area contributed by atoms with Gasteiger partial charge in [0.25, 0.3) is 0 Å². The summed E-state index contributed by atoms with van der Waals surface area (Å²) in [5.41, 5.74) is 1.23. The quantitative estimate of drug-likeness (QED) is 0.593. The number of para-hydroxylation sites is 1. The van der Waals surface area contributed by atoms with Crippen LogP contribution in [0.15, 0.2) is 72.8 Å². The molecule has 0 bridgehead atoms. The van der Waals surface area contributed by atoms with Crippen LogP contribution in [0, 0.1) is 11.6 Å². The minimum absolute atomic E-state index is 0.0774. The molecule has 3 aromatic rings. The number of hydrogen-bond donors (Lipinski definition) is 0. The molecule has 0 aromatic heterocycles. The average molecular weight is 383 g/mol. The molecule has 1 amide bonds. The fraction of sp³-hybridized carbons (Fsp3) is 0.0952. The molecular formula is C21H15F2NO2S. The highest BCUT2D eigenvalue weighted by Crippen LogP contribution is 2.42. The van der Waals surface area contributed by atoms with Crippen molar-refractivity contribution in [3.8, 4) is 11.5 Å². The Morgan fingerprint density at radius 3 is 2.30 bits per heavy atom. The Kier molecular flexibility index (Phi) is 4.81. The lowest BCUT2D eigenvalue weighted by Gasteiger charge is -2.24. The SMILES string of the molecule is O=C1CSC(c2ccc(F)c(F)c2)N1c1ccc(Oc2ccccc2)cc1. The van der Waals surface area contributed by atoms with E-state index in [-0.39, 0.29) is 11.7 Å². The average Bonchev–Trinajstić information content (AvgIpc) is 3.07. The van der Waals surface area contributed by atoms with Gasteiger partial charge in [0.15, 0.2) is 11.6 Å². The van der Waals surface area contributed by atoms with E-state index in [1.807, 2.05) is 30.3 Å². The monoisotopic (exact) mass is 383 g/mol. The number of carbonyl (C=O) groups is 1. The van der Waals surface area contributed by atoms with Gasteiger partial charge in [-0.25, -0.2) is 8.78 Å². The molecular weight excluding hydrogens is 368 g/mol. The minimum atomic E-state index is -0.918. The van der Waals surface area contributed by atoms with Crippen LogP contribution in [-0.4, -0.2) is 11.7 Å². The van der Waals surface area contributed by atoms with Crippen molar-refractivity contribution in [2.75, 3.05) is 10.7 Å². The molecule has 136 valence electrons. The third-order valence-electron chi connectivity index (χ3n) is 4.19. The van der Waals surface area contributed by atoms with E-state index in [1.165, 1.54) is 17.8 Å². The highest BCUT2D eigenvalue weighted by atomic mass is 32.2. The van der Waals surface area contributed by atoms with E-state index in [2.05, 4.69) is 0 Å². The third kappa shape index (κ3) is 3.66. The first kappa shape index (κ1) is 17.5. The fourth-order valence-corrected chi connectivity index (χ4v) is 4.08. The van der Waals surface area contributed by atoms with E-state index >= 15 is 0 Å². The molecule has 1 aliphatic heterocycles. The molecule has 0 aliphatic carbocycles. The van der Waals surface area contributed by atoms with Gasteiger partial charge < -0.3 is 4.74 Å². The molecule has 1 atom stereocenters. The molecule has 1 saturated heterocycles. The number of anilines is 1. The summed E-state index contributed by atoms with van der Waals surface area (Å²) >= 11 is 1.38. The van der Waals surface area contributed by atoms with Crippen molar-refractivity contribution in [3.05, 3.63) is 90.0 Å². The molecule has 0 N–H and O–H groups in total. The van der Waals surface area contributed by atoms with Crippen molar-refractivity contribution in [1.82, 2.24) is 0 Å². The minimum Gasteiger partial charge on any atom is -0.457 e. The molecule has 6 heteroatoms. The maximum absolute atomic E-state index is 13.6. The number of thioether (sulfide) groups is 1. The van der Waals surface area contributed by atoms with Crippen molar-refractivity contribution in [2.24, 2.45) is 0 Å². The highest BCUT2D eigenvalue weighted by Gasteiger charge is 2.34. The van der Waals surface area contributed by atoms with E-state index in [0.717, 1.165) is 17.9 Å². The zero-order chi connectivity index (χ0) is 18.8. The van der Waals surface area contributed by atoms with Crippen LogP contribution in [0.4, 0.5) is 14.5 Å². The van der Waals surface area contributed by atoms with Gasteiger partial charge in [-0.15, -0.1) is 11.8 Å². The number of ether oxygens (including phenoxy) is 1. The predicted octanol–water partition coefficient (Wildman–Crippen LogP) is 5.54. The normalized spacial score (nSPS) is 16.6. The largest absolute Gasteiger partial charge is 0.457 e. The zero-order valence-electron chi connectivity index (χ0n) is 14.1. The van der Waals surface area contributed by atoms with Crippen LogP contribution in [0.25, 0.3) is 0 Å². The number of rotatable bonds is 4.